The number of H-pyrrole nitrogens is 1. The van der Waals surface area contributed by atoms with E-state index in [1.165, 1.54) is 7.05 Å². The maximum Gasteiger partial charge on any atom is 0.417 e. The molecule has 1 unspecified atom stereocenters. The molecule has 0 aliphatic rings. The highest BCUT2D eigenvalue weighted by Gasteiger charge is 2.14. The summed E-state index contributed by atoms with van der Waals surface area (Å²) in [6, 6.07) is 4.57. The molecule has 1 aromatic heterocycles. The quantitative estimate of drug-likeness (QED) is 0.397. The predicted octanol–water partition coefficient (Wildman–Crippen LogP) is -0.157. The standard InChI is InChI=1S/C11H14N4O3/c1-15(13)10(16)5-7(12)6-2-3-8-9(4-6)18-11(17)14-8/h2-4,7H,5,12-13H2,1H3,(H,14,17). The zero-order valence-corrected chi connectivity index (χ0v) is 9.84. The second-order valence-electron chi connectivity index (χ2n) is 4.09. The lowest BCUT2D eigenvalue weighted by molar-refractivity contribution is -0.130. The molecule has 0 fully saturated rings. The second-order valence-corrected chi connectivity index (χ2v) is 4.09. The number of nitrogens with two attached hydrogens (primary N) is 2. The smallest absolute Gasteiger partial charge is 0.408 e. The molecule has 0 bridgehead atoms. The van der Waals surface area contributed by atoms with Crippen molar-refractivity contribution in [2.45, 2.75) is 12.5 Å². The summed E-state index contributed by atoms with van der Waals surface area (Å²) in [7, 11) is 1.46. The molecule has 5 N–H and O–H groups in total. The average molecular weight is 250 g/mol. The Kier molecular flexibility index (Phi) is 3.17. The molecule has 96 valence electrons. The number of benzene rings is 1. The average Bonchev–Trinajstić information content (AvgIpc) is 2.67. The van der Waals surface area contributed by atoms with Gasteiger partial charge in [-0.25, -0.2) is 10.6 Å². The van der Waals surface area contributed by atoms with Crippen molar-refractivity contribution in [3.63, 3.8) is 0 Å². The molecule has 2 rings (SSSR count). The SMILES string of the molecule is CN(N)C(=O)CC(N)c1ccc2[nH]c(=O)oc2c1. The summed E-state index contributed by atoms with van der Waals surface area (Å²) < 4.78 is 4.92. The molecule has 1 heterocycles. The van der Waals surface area contributed by atoms with Crippen LogP contribution in [0, 0.1) is 0 Å². The Morgan fingerprint density at radius 2 is 2.28 bits per heavy atom. The number of aromatic amines is 1. The van der Waals surface area contributed by atoms with Gasteiger partial charge in [-0.3, -0.25) is 14.8 Å². The van der Waals surface area contributed by atoms with Crippen molar-refractivity contribution in [1.82, 2.24) is 9.99 Å². The van der Waals surface area contributed by atoms with E-state index in [4.69, 9.17) is 16.0 Å². The predicted molar refractivity (Wildman–Crippen MR) is 65.3 cm³/mol. The molecule has 0 aliphatic heterocycles. The van der Waals surface area contributed by atoms with Crippen LogP contribution in [0.25, 0.3) is 11.1 Å². The van der Waals surface area contributed by atoms with Gasteiger partial charge in [0, 0.05) is 19.5 Å². The fourth-order valence-electron chi connectivity index (χ4n) is 1.64. The van der Waals surface area contributed by atoms with E-state index in [9.17, 15) is 9.59 Å². The first-order valence-corrected chi connectivity index (χ1v) is 5.37. The second kappa shape index (κ2) is 4.63. The summed E-state index contributed by atoms with van der Waals surface area (Å²) in [6.07, 6.45) is 0.0904. The van der Waals surface area contributed by atoms with Crippen LogP contribution in [-0.2, 0) is 4.79 Å². The number of amides is 1. The summed E-state index contributed by atoms with van der Waals surface area (Å²) >= 11 is 0. The molecule has 0 aliphatic carbocycles. The molecule has 7 nitrogen and oxygen atoms in total. The van der Waals surface area contributed by atoms with Gasteiger partial charge in [0.2, 0.25) is 5.91 Å². The van der Waals surface area contributed by atoms with Gasteiger partial charge in [0.15, 0.2) is 5.58 Å². The topological polar surface area (TPSA) is 118 Å². The monoisotopic (exact) mass is 250 g/mol. The van der Waals surface area contributed by atoms with E-state index in [0.717, 1.165) is 5.01 Å². The number of hydrogen-bond donors (Lipinski definition) is 3. The van der Waals surface area contributed by atoms with Crippen molar-refractivity contribution in [2.75, 3.05) is 7.05 Å². The number of carbonyl (C=O) groups excluding carboxylic acids is 1. The van der Waals surface area contributed by atoms with Gasteiger partial charge < -0.3 is 10.2 Å². The molecule has 0 saturated heterocycles. The number of oxazole rings is 1. The van der Waals surface area contributed by atoms with E-state index in [1.807, 2.05) is 0 Å². The Labute approximate surface area is 102 Å². The molecular formula is C11H14N4O3. The third-order valence-corrected chi connectivity index (χ3v) is 2.66. The zero-order valence-electron chi connectivity index (χ0n) is 9.84. The van der Waals surface area contributed by atoms with Gasteiger partial charge in [0.25, 0.3) is 0 Å². The van der Waals surface area contributed by atoms with E-state index < -0.39 is 11.8 Å². The van der Waals surface area contributed by atoms with Crippen molar-refractivity contribution in [3.05, 3.63) is 34.3 Å². The van der Waals surface area contributed by atoms with Crippen molar-refractivity contribution < 1.29 is 9.21 Å². The third kappa shape index (κ3) is 2.41. The lowest BCUT2D eigenvalue weighted by atomic mass is 10.0. The number of nitrogens with one attached hydrogen (secondary N) is 1. The lowest BCUT2D eigenvalue weighted by Gasteiger charge is -2.14. The van der Waals surface area contributed by atoms with Gasteiger partial charge >= 0.3 is 5.76 Å². The van der Waals surface area contributed by atoms with E-state index in [0.29, 0.717) is 16.7 Å². The maximum atomic E-state index is 11.4. The number of rotatable bonds is 3. The molecule has 1 aromatic carbocycles. The van der Waals surface area contributed by atoms with E-state index in [1.54, 1.807) is 18.2 Å². The zero-order chi connectivity index (χ0) is 13.3. The molecule has 1 atom stereocenters. The molecule has 0 saturated carbocycles. The minimum Gasteiger partial charge on any atom is -0.408 e. The van der Waals surface area contributed by atoms with Crippen LogP contribution in [0.4, 0.5) is 0 Å². The van der Waals surface area contributed by atoms with E-state index >= 15 is 0 Å². The minimum absolute atomic E-state index is 0.0904. The van der Waals surface area contributed by atoms with Crippen LogP contribution in [0.2, 0.25) is 0 Å². The Bertz CT molecular complexity index is 628. The molecule has 2 aromatic rings. The van der Waals surface area contributed by atoms with Crippen LogP contribution in [-0.4, -0.2) is 22.9 Å². The highest BCUT2D eigenvalue weighted by Crippen LogP contribution is 2.19. The first-order valence-electron chi connectivity index (χ1n) is 5.37. The first kappa shape index (κ1) is 12.3. The summed E-state index contributed by atoms with van der Waals surface area (Å²) in [5.74, 6) is 4.53. The maximum absolute atomic E-state index is 11.4. The Morgan fingerprint density at radius 1 is 1.56 bits per heavy atom. The largest absolute Gasteiger partial charge is 0.417 e. The number of hydrazine groups is 1. The summed E-state index contributed by atoms with van der Waals surface area (Å²) in [4.78, 5) is 25.0. The fraction of sp³-hybridized carbons (Fsp3) is 0.273. The lowest BCUT2D eigenvalue weighted by Crippen LogP contribution is -2.35. The number of nitrogens with zero attached hydrogens (tertiary/aromatic N) is 1. The summed E-state index contributed by atoms with van der Waals surface area (Å²) in [6.45, 7) is 0. The molecule has 0 spiro atoms. The summed E-state index contributed by atoms with van der Waals surface area (Å²) in [5.41, 5.74) is 7.62. The van der Waals surface area contributed by atoms with E-state index in [2.05, 4.69) is 4.98 Å². The van der Waals surface area contributed by atoms with Crippen molar-refractivity contribution >= 4 is 17.0 Å². The molecular weight excluding hydrogens is 236 g/mol. The first-order chi connectivity index (χ1) is 8.47. The number of fused-ring (bicyclic) bond motifs is 1. The van der Waals surface area contributed by atoms with Crippen LogP contribution in [0.15, 0.2) is 27.4 Å². The number of hydrogen-bond acceptors (Lipinski definition) is 5. The molecule has 7 heteroatoms. The van der Waals surface area contributed by atoms with E-state index in [-0.39, 0.29) is 12.3 Å². The van der Waals surface area contributed by atoms with Gasteiger partial charge in [0.1, 0.15) is 0 Å². The third-order valence-electron chi connectivity index (χ3n) is 2.66. The molecule has 18 heavy (non-hydrogen) atoms. The minimum atomic E-state index is -0.520. The number of carbonyl (C=O) groups is 1. The van der Waals surface area contributed by atoms with Crippen molar-refractivity contribution in [3.8, 4) is 0 Å². The van der Waals surface area contributed by atoms with Crippen LogP contribution in [0.5, 0.6) is 0 Å². The van der Waals surface area contributed by atoms with Gasteiger partial charge in [-0.15, -0.1) is 0 Å². The highest BCUT2D eigenvalue weighted by molar-refractivity contribution is 5.77. The van der Waals surface area contributed by atoms with Gasteiger partial charge in [0.05, 0.1) is 5.52 Å². The van der Waals surface area contributed by atoms with Gasteiger partial charge in [-0.2, -0.15) is 0 Å². The Hall–Kier alpha value is -2.12. The van der Waals surface area contributed by atoms with Crippen molar-refractivity contribution in [1.29, 1.82) is 0 Å². The van der Waals surface area contributed by atoms with Crippen LogP contribution in [0.3, 0.4) is 0 Å². The fourth-order valence-corrected chi connectivity index (χ4v) is 1.64. The Morgan fingerprint density at radius 3 is 2.94 bits per heavy atom. The van der Waals surface area contributed by atoms with Gasteiger partial charge in [-0.1, -0.05) is 6.07 Å². The molecule has 0 radical (unpaired) electrons. The highest BCUT2D eigenvalue weighted by atomic mass is 16.4. The van der Waals surface area contributed by atoms with Crippen LogP contribution >= 0.6 is 0 Å². The van der Waals surface area contributed by atoms with Crippen molar-refractivity contribution in [2.24, 2.45) is 11.6 Å². The Balaban J connectivity index is 2.24. The number of aromatic nitrogens is 1. The molecule has 1 amide bonds. The summed E-state index contributed by atoms with van der Waals surface area (Å²) in [5, 5.41) is 0.995. The van der Waals surface area contributed by atoms with Gasteiger partial charge in [-0.05, 0) is 17.7 Å². The van der Waals surface area contributed by atoms with Crippen LogP contribution < -0.4 is 17.3 Å². The normalized spacial score (nSPS) is 12.6. The van der Waals surface area contributed by atoms with Crippen LogP contribution in [0.1, 0.15) is 18.0 Å².